The van der Waals surface area contributed by atoms with Gasteiger partial charge in [-0.3, -0.25) is 9.59 Å². The monoisotopic (exact) mass is 269 g/mol. The fourth-order valence-electron chi connectivity index (χ4n) is 3.08. The van der Waals surface area contributed by atoms with E-state index in [2.05, 4.69) is 5.32 Å². The number of rotatable bonds is 5. The fraction of sp³-hybridized carbons (Fsp3) is 0.857. The summed E-state index contributed by atoms with van der Waals surface area (Å²) in [6.07, 6.45) is 5.20. The van der Waals surface area contributed by atoms with Gasteiger partial charge >= 0.3 is 5.97 Å². The van der Waals surface area contributed by atoms with Crippen molar-refractivity contribution < 1.29 is 19.4 Å². The standard InChI is InChI=1S/C14H23NO4/c16-13(15-7-5-10-6-8-19-9-10)11-3-1-2-4-12(11)14(17)18/h10-12H,1-9H2,(H,15,16)(H,17,18)/t10?,11-,12+/m1/s1. The van der Waals surface area contributed by atoms with Crippen molar-refractivity contribution in [2.75, 3.05) is 19.8 Å². The van der Waals surface area contributed by atoms with Gasteiger partial charge in [0.05, 0.1) is 11.8 Å². The number of carbonyl (C=O) groups is 2. The number of carboxylic acid groups (broad SMARTS) is 1. The lowest BCUT2D eigenvalue weighted by Crippen LogP contribution is -2.40. The highest BCUT2D eigenvalue weighted by Gasteiger charge is 2.35. The predicted octanol–water partition coefficient (Wildman–Crippen LogP) is 1.42. The molecular formula is C14H23NO4. The van der Waals surface area contributed by atoms with Crippen molar-refractivity contribution in [3.05, 3.63) is 0 Å². The maximum absolute atomic E-state index is 12.1. The highest BCUT2D eigenvalue weighted by atomic mass is 16.5. The average molecular weight is 269 g/mol. The highest BCUT2D eigenvalue weighted by Crippen LogP contribution is 2.30. The molecule has 0 aromatic heterocycles. The SMILES string of the molecule is O=C(O)[C@H]1CCCC[C@H]1C(=O)NCCC1CCOC1. The Kier molecular flexibility index (Phi) is 5.19. The molecule has 2 N–H and O–H groups in total. The van der Waals surface area contributed by atoms with Crippen LogP contribution in [-0.2, 0) is 14.3 Å². The van der Waals surface area contributed by atoms with Crippen LogP contribution < -0.4 is 5.32 Å². The van der Waals surface area contributed by atoms with E-state index < -0.39 is 11.9 Å². The number of hydrogen-bond donors (Lipinski definition) is 2. The van der Waals surface area contributed by atoms with Gasteiger partial charge in [-0.2, -0.15) is 0 Å². The third-order valence-electron chi connectivity index (χ3n) is 4.30. The van der Waals surface area contributed by atoms with Crippen molar-refractivity contribution in [1.29, 1.82) is 0 Å². The molecule has 0 aromatic carbocycles. The molecular weight excluding hydrogens is 246 g/mol. The van der Waals surface area contributed by atoms with Crippen LogP contribution in [0.25, 0.3) is 0 Å². The first-order chi connectivity index (χ1) is 9.18. The zero-order chi connectivity index (χ0) is 13.7. The van der Waals surface area contributed by atoms with Crippen LogP contribution in [-0.4, -0.2) is 36.7 Å². The van der Waals surface area contributed by atoms with Crippen molar-refractivity contribution in [3.63, 3.8) is 0 Å². The van der Waals surface area contributed by atoms with Gasteiger partial charge in [0.1, 0.15) is 0 Å². The first-order valence-electron chi connectivity index (χ1n) is 7.26. The molecule has 5 nitrogen and oxygen atoms in total. The van der Waals surface area contributed by atoms with E-state index in [1.165, 1.54) is 0 Å². The summed E-state index contributed by atoms with van der Waals surface area (Å²) >= 11 is 0. The number of amides is 1. The van der Waals surface area contributed by atoms with Crippen molar-refractivity contribution in [3.8, 4) is 0 Å². The second-order valence-corrected chi connectivity index (χ2v) is 5.64. The van der Waals surface area contributed by atoms with Crippen molar-refractivity contribution in [2.24, 2.45) is 17.8 Å². The van der Waals surface area contributed by atoms with Crippen LogP contribution in [0.4, 0.5) is 0 Å². The summed E-state index contributed by atoms with van der Waals surface area (Å²) in [4.78, 5) is 23.2. The second-order valence-electron chi connectivity index (χ2n) is 5.64. The van der Waals surface area contributed by atoms with Gasteiger partial charge in [-0.15, -0.1) is 0 Å². The van der Waals surface area contributed by atoms with Crippen LogP contribution in [0, 0.1) is 17.8 Å². The lowest BCUT2D eigenvalue weighted by molar-refractivity contribution is -0.148. The Morgan fingerprint density at radius 1 is 1.16 bits per heavy atom. The Labute approximate surface area is 113 Å². The first kappa shape index (κ1) is 14.3. The molecule has 0 aromatic rings. The summed E-state index contributed by atoms with van der Waals surface area (Å²) in [5.74, 6) is -1.20. The largest absolute Gasteiger partial charge is 0.481 e. The minimum Gasteiger partial charge on any atom is -0.481 e. The maximum Gasteiger partial charge on any atom is 0.307 e. The van der Waals surface area contributed by atoms with E-state index in [1.54, 1.807) is 0 Å². The normalized spacial score (nSPS) is 31.1. The Morgan fingerprint density at radius 2 is 1.89 bits per heavy atom. The van der Waals surface area contributed by atoms with E-state index >= 15 is 0 Å². The molecule has 5 heteroatoms. The molecule has 3 atom stereocenters. The molecule has 1 aliphatic heterocycles. The number of carboxylic acids is 1. The van der Waals surface area contributed by atoms with E-state index in [4.69, 9.17) is 9.84 Å². The van der Waals surface area contributed by atoms with E-state index in [0.717, 1.165) is 38.9 Å². The number of hydrogen-bond acceptors (Lipinski definition) is 3. The van der Waals surface area contributed by atoms with Crippen LogP contribution in [0.15, 0.2) is 0 Å². The second kappa shape index (κ2) is 6.89. The van der Waals surface area contributed by atoms with Gasteiger partial charge in [0.25, 0.3) is 0 Å². The van der Waals surface area contributed by atoms with Crippen LogP contribution >= 0.6 is 0 Å². The summed E-state index contributed by atoms with van der Waals surface area (Å²) in [7, 11) is 0. The van der Waals surface area contributed by atoms with Crippen LogP contribution in [0.1, 0.15) is 38.5 Å². The van der Waals surface area contributed by atoms with Gasteiger partial charge in [-0.1, -0.05) is 12.8 Å². The lowest BCUT2D eigenvalue weighted by atomic mass is 9.78. The van der Waals surface area contributed by atoms with Crippen molar-refractivity contribution in [1.82, 2.24) is 5.32 Å². The zero-order valence-corrected chi connectivity index (χ0v) is 11.3. The predicted molar refractivity (Wildman–Crippen MR) is 69.6 cm³/mol. The molecule has 0 spiro atoms. The molecule has 1 unspecified atom stereocenters. The third-order valence-corrected chi connectivity index (χ3v) is 4.30. The third kappa shape index (κ3) is 3.93. The van der Waals surface area contributed by atoms with E-state index in [0.29, 0.717) is 25.3 Å². The molecule has 2 rings (SSSR count). The lowest BCUT2D eigenvalue weighted by Gasteiger charge is -2.27. The van der Waals surface area contributed by atoms with E-state index in [9.17, 15) is 9.59 Å². The quantitative estimate of drug-likeness (QED) is 0.791. The molecule has 108 valence electrons. The Hall–Kier alpha value is -1.10. The first-order valence-corrected chi connectivity index (χ1v) is 7.26. The summed E-state index contributed by atoms with van der Waals surface area (Å²) < 4.78 is 5.29. The van der Waals surface area contributed by atoms with E-state index in [1.807, 2.05) is 0 Å². The maximum atomic E-state index is 12.1. The Bertz CT molecular complexity index is 325. The Morgan fingerprint density at radius 3 is 2.53 bits per heavy atom. The fourth-order valence-corrected chi connectivity index (χ4v) is 3.08. The van der Waals surface area contributed by atoms with Crippen molar-refractivity contribution in [2.45, 2.75) is 38.5 Å². The number of nitrogens with one attached hydrogen (secondary N) is 1. The molecule has 1 aliphatic carbocycles. The molecule has 0 bridgehead atoms. The minimum absolute atomic E-state index is 0.0778. The summed E-state index contributed by atoms with van der Waals surface area (Å²) in [5.41, 5.74) is 0. The molecule has 0 radical (unpaired) electrons. The van der Waals surface area contributed by atoms with Gasteiger partial charge < -0.3 is 15.2 Å². The van der Waals surface area contributed by atoms with Gasteiger partial charge in [0, 0.05) is 19.8 Å². The molecule has 2 aliphatic rings. The minimum atomic E-state index is -0.830. The van der Waals surface area contributed by atoms with Crippen molar-refractivity contribution >= 4 is 11.9 Å². The van der Waals surface area contributed by atoms with Gasteiger partial charge in [-0.05, 0) is 31.6 Å². The highest BCUT2D eigenvalue weighted by molar-refractivity contribution is 5.84. The molecule has 1 heterocycles. The molecule has 2 fully saturated rings. The van der Waals surface area contributed by atoms with Crippen LogP contribution in [0.5, 0.6) is 0 Å². The summed E-state index contributed by atoms with van der Waals surface area (Å²) in [6, 6.07) is 0. The van der Waals surface area contributed by atoms with Crippen LogP contribution in [0.3, 0.4) is 0 Å². The Balaban J connectivity index is 1.75. The molecule has 1 amide bonds. The van der Waals surface area contributed by atoms with Crippen LogP contribution in [0.2, 0.25) is 0 Å². The average Bonchev–Trinajstić information content (AvgIpc) is 2.91. The number of aliphatic carboxylic acids is 1. The van der Waals surface area contributed by atoms with Gasteiger partial charge in [0.2, 0.25) is 5.91 Å². The number of ether oxygens (including phenoxy) is 1. The smallest absolute Gasteiger partial charge is 0.307 e. The molecule has 1 saturated carbocycles. The zero-order valence-electron chi connectivity index (χ0n) is 11.3. The van der Waals surface area contributed by atoms with E-state index in [-0.39, 0.29) is 11.8 Å². The molecule has 1 saturated heterocycles. The topological polar surface area (TPSA) is 75.6 Å². The number of carbonyl (C=O) groups excluding carboxylic acids is 1. The van der Waals surface area contributed by atoms with Gasteiger partial charge in [0.15, 0.2) is 0 Å². The van der Waals surface area contributed by atoms with Gasteiger partial charge in [-0.25, -0.2) is 0 Å². The molecule has 19 heavy (non-hydrogen) atoms. The summed E-state index contributed by atoms with van der Waals surface area (Å²) in [5, 5.41) is 12.1. The summed E-state index contributed by atoms with van der Waals surface area (Å²) in [6.45, 7) is 2.25.